The van der Waals surface area contributed by atoms with Gasteiger partial charge in [-0.3, -0.25) is 4.98 Å². The van der Waals surface area contributed by atoms with Gasteiger partial charge in [-0.15, -0.1) is 0 Å². The minimum Gasteiger partial charge on any atom is -0.383 e. The summed E-state index contributed by atoms with van der Waals surface area (Å²) in [6.07, 6.45) is 7.60. The molecule has 0 atom stereocenters. The van der Waals surface area contributed by atoms with Crippen molar-refractivity contribution in [1.29, 1.82) is 0 Å². The zero-order chi connectivity index (χ0) is 20.2. The smallest absolute Gasteiger partial charge is 0.131 e. The Labute approximate surface area is 172 Å². The molecule has 1 aliphatic rings. The fourth-order valence-electron chi connectivity index (χ4n) is 4.07. The highest BCUT2D eigenvalue weighted by molar-refractivity contribution is 5.79. The predicted octanol–water partition coefficient (Wildman–Crippen LogP) is 4.35. The van der Waals surface area contributed by atoms with Gasteiger partial charge in [0.1, 0.15) is 5.82 Å². The maximum absolute atomic E-state index is 6.17. The summed E-state index contributed by atoms with van der Waals surface area (Å²) in [7, 11) is 4.24. The molecule has 0 radical (unpaired) electrons. The monoisotopic (exact) mass is 388 g/mol. The van der Waals surface area contributed by atoms with Crippen LogP contribution in [-0.4, -0.2) is 42.2 Å². The van der Waals surface area contributed by atoms with Gasteiger partial charge in [0.2, 0.25) is 0 Å². The van der Waals surface area contributed by atoms with E-state index < -0.39 is 0 Å². The van der Waals surface area contributed by atoms with Gasteiger partial charge in [0.05, 0.1) is 0 Å². The lowest BCUT2D eigenvalue weighted by atomic mass is 9.86. The molecular weight excluding hydrogens is 360 g/mol. The van der Waals surface area contributed by atoms with Gasteiger partial charge in [-0.05, 0) is 79.4 Å². The number of ether oxygens (including phenoxy) is 1. The normalized spacial score (nSPS) is 15.0. The van der Waals surface area contributed by atoms with Crippen LogP contribution >= 0.6 is 0 Å². The lowest BCUT2D eigenvalue weighted by Crippen LogP contribution is -2.18. The summed E-state index contributed by atoms with van der Waals surface area (Å²) < 4.78 is 5.57. The standard InChI is InChI=1S/C24H28N4O/c1-28(2)16-21-13-19(3-4-22(21)18-7-11-29-12-8-18)20-14-23(24(25)27-15-20)17-5-9-26-10-6-17/h3-6,9-10,13-15,18H,7-8,11-12,16H2,1-2H3,(H2,25,27). The van der Waals surface area contributed by atoms with Crippen molar-refractivity contribution in [3.8, 4) is 22.3 Å². The van der Waals surface area contributed by atoms with Crippen molar-refractivity contribution in [2.75, 3.05) is 33.0 Å². The van der Waals surface area contributed by atoms with E-state index in [0.717, 1.165) is 49.3 Å². The van der Waals surface area contributed by atoms with Crippen molar-refractivity contribution in [2.24, 2.45) is 0 Å². The van der Waals surface area contributed by atoms with Gasteiger partial charge in [-0.1, -0.05) is 12.1 Å². The molecule has 1 fully saturated rings. The second-order valence-electron chi connectivity index (χ2n) is 7.93. The van der Waals surface area contributed by atoms with Gasteiger partial charge < -0.3 is 15.4 Å². The Hall–Kier alpha value is -2.76. The number of pyridine rings is 2. The Balaban J connectivity index is 1.73. The molecule has 1 aromatic carbocycles. The molecule has 2 N–H and O–H groups in total. The summed E-state index contributed by atoms with van der Waals surface area (Å²) in [6, 6.07) is 12.9. The molecule has 0 unspecified atom stereocenters. The number of aromatic nitrogens is 2. The highest BCUT2D eigenvalue weighted by atomic mass is 16.5. The first-order valence-corrected chi connectivity index (χ1v) is 10.1. The summed E-state index contributed by atoms with van der Waals surface area (Å²) in [5.41, 5.74) is 13.2. The van der Waals surface area contributed by atoms with Crippen LogP contribution in [0, 0.1) is 0 Å². The second-order valence-corrected chi connectivity index (χ2v) is 7.93. The fraction of sp³-hybridized carbons (Fsp3) is 0.333. The van der Waals surface area contributed by atoms with Gasteiger partial charge in [0.25, 0.3) is 0 Å². The van der Waals surface area contributed by atoms with Gasteiger partial charge >= 0.3 is 0 Å². The second kappa shape index (κ2) is 8.72. The number of rotatable bonds is 5. The molecule has 150 valence electrons. The van der Waals surface area contributed by atoms with Crippen LogP contribution in [0.1, 0.15) is 29.9 Å². The summed E-state index contributed by atoms with van der Waals surface area (Å²) in [5, 5.41) is 0. The highest BCUT2D eigenvalue weighted by Gasteiger charge is 2.20. The van der Waals surface area contributed by atoms with Crippen molar-refractivity contribution >= 4 is 5.82 Å². The van der Waals surface area contributed by atoms with Crippen LogP contribution in [0.25, 0.3) is 22.3 Å². The van der Waals surface area contributed by atoms with Gasteiger partial charge in [-0.2, -0.15) is 0 Å². The molecule has 2 aromatic heterocycles. The molecule has 1 aliphatic heterocycles. The van der Waals surface area contributed by atoms with E-state index in [4.69, 9.17) is 10.5 Å². The summed E-state index contributed by atoms with van der Waals surface area (Å²) >= 11 is 0. The third-order valence-corrected chi connectivity index (χ3v) is 5.53. The van der Waals surface area contributed by atoms with E-state index in [9.17, 15) is 0 Å². The average Bonchev–Trinajstić information content (AvgIpc) is 2.75. The largest absolute Gasteiger partial charge is 0.383 e. The molecular formula is C24H28N4O. The Morgan fingerprint density at radius 3 is 2.48 bits per heavy atom. The molecule has 1 saturated heterocycles. The first-order valence-electron chi connectivity index (χ1n) is 10.1. The first kappa shape index (κ1) is 19.6. The lowest BCUT2D eigenvalue weighted by molar-refractivity contribution is 0.0850. The topological polar surface area (TPSA) is 64.3 Å². The molecule has 5 heteroatoms. The van der Waals surface area contributed by atoms with E-state index in [1.54, 1.807) is 12.4 Å². The van der Waals surface area contributed by atoms with Crippen molar-refractivity contribution in [3.63, 3.8) is 0 Å². The van der Waals surface area contributed by atoms with E-state index in [2.05, 4.69) is 53.2 Å². The van der Waals surface area contributed by atoms with E-state index in [1.165, 1.54) is 16.7 Å². The zero-order valence-corrected chi connectivity index (χ0v) is 17.1. The third-order valence-electron chi connectivity index (χ3n) is 5.53. The molecule has 0 bridgehead atoms. The summed E-state index contributed by atoms with van der Waals surface area (Å²) in [6.45, 7) is 2.62. The van der Waals surface area contributed by atoms with Crippen LogP contribution in [0.4, 0.5) is 5.82 Å². The van der Waals surface area contributed by atoms with Gasteiger partial charge in [0, 0.05) is 49.5 Å². The van der Waals surface area contributed by atoms with Crippen LogP contribution in [-0.2, 0) is 11.3 Å². The van der Waals surface area contributed by atoms with Gasteiger partial charge in [0.15, 0.2) is 0 Å². The number of hydrogen-bond donors (Lipinski definition) is 1. The zero-order valence-electron chi connectivity index (χ0n) is 17.1. The van der Waals surface area contributed by atoms with Crippen LogP contribution in [0.2, 0.25) is 0 Å². The Morgan fingerprint density at radius 1 is 1.00 bits per heavy atom. The number of nitrogens with zero attached hydrogens (tertiary/aromatic N) is 3. The highest BCUT2D eigenvalue weighted by Crippen LogP contribution is 2.34. The number of anilines is 1. The lowest BCUT2D eigenvalue weighted by Gasteiger charge is -2.26. The number of benzene rings is 1. The van der Waals surface area contributed by atoms with Crippen molar-refractivity contribution in [1.82, 2.24) is 14.9 Å². The van der Waals surface area contributed by atoms with E-state index >= 15 is 0 Å². The van der Waals surface area contributed by atoms with Crippen LogP contribution in [0.15, 0.2) is 55.0 Å². The molecule has 4 rings (SSSR count). The maximum Gasteiger partial charge on any atom is 0.131 e. The minimum atomic E-state index is 0.535. The maximum atomic E-state index is 6.17. The predicted molar refractivity (Wildman–Crippen MR) is 118 cm³/mol. The summed E-state index contributed by atoms with van der Waals surface area (Å²) in [4.78, 5) is 10.8. The molecule has 5 nitrogen and oxygen atoms in total. The Kier molecular flexibility index (Phi) is 5.88. The van der Waals surface area contributed by atoms with Crippen LogP contribution < -0.4 is 5.73 Å². The SMILES string of the molecule is CN(C)Cc1cc(-c2cnc(N)c(-c3ccncc3)c2)ccc1C1CCOCC1. The molecule has 3 aromatic rings. The van der Waals surface area contributed by atoms with Crippen molar-refractivity contribution < 1.29 is 4.74 Å². The minimum absolute atomic E-state index is 0.535. The van der Waals surface area contributed by atoms with Gasteiger partial charge in [-0.25, -0.2) is 4.98 Å². The summed E-state index contributed by atoms with van der Waals surface area (Å²) in [5.74, 6) is 1.11. The molecule has 3 heterocycles. The number of nitrogen functional groups attached to an aromatic ring is 1. The third kappa shape index (κ3) is 4.47. The molecule has 0 saturated carbocycles. The average molecular weight is 389 g/mol. The molecule has 0 aliphatic carbocycles. The number of hydrogen-bond acceptors (Lipinski definition) is 5. The van der Waals surface area contributed by atoms with Crippen molar-refractivity contribution in [3.05, 3.63) is 66.1 Å². The molecule has 29 heavy (non-hydrogen) atoms. The van der Waals surface area contributed by atoms with Crippen LogP contribution in [0.5, 0.6) is 0 Å². The Bertz CT molecular complexity index is 966. The fourth-order valence-corrected chi connectivity index (χ4v) is 4.07. The van der Waals surface area contributed by atoms with Crippen molar-refractivity contribution in [2.45, 2.75) is 25.3 Å². The van der Waals surface area contributed by atoms with E-state index in [0.29, 0.717) is 11.7 Å². The number of nitrogens with two attached hydrogens (primary N) is 1. The molecule has 0 amide bonds. The quantitative estimate of drug-likeness (QED) is 0.704. The van der Waals surface area contributed by atoms with E-state index in [1.807, 2.05) is 18.3 Å². The first-order chi connectivity index (χ1) is 14.1. The Morgan fingerprint density at radius 2 is 1.76 bits per heavy atom. The van der Waals surface area contributed by atoms with Crippen LogP contribution in [0.3, 0.4) is 0 Å². The van der Waals surface area contributed by atoms with E-state index in [-0.39, 0.29) is 0 Å². The molecule has 0 spiro atoms.